The number of anilines is 1. The minimum atomic E-state index is -0.340. The molecule has 7 nitrogen and oxygen atoms in total. The first-order valence-electron chi connectivity index (χ1n) is 8.44. The molecule has 2 aromatic carbocycles. The summed E-state index contributed by atoms with van der Waals surface area (Å²) < 4.78 is 2.75. The molecule has 4 aromatic rings. The Labute approximate surface area is 154 Å². The fraction of sp³-hybridized carbons (Fsp3) is 0.100. The summed E-state index contributed by atoms with van der Waals surface area (Å²) in [6.07, 6.45) is 3.22. The third kappa shape index (κ3) is 3.62. The predicted molar refractivity (Wildman–Crippen MR) is 103 cm³/mol. The number of benzene rings is 2. The molecular formula is C20H17N5O2. The third-order valence-electron chi connectivity index (χ3n) is 4.19. The summed E-state index contributed by atoms with van der Waals surface area (Å²) in [6.45, 7) is -0.171. The first-order chi connectivity index (χ1) is 13.1. The maximum absolute atomic E-state index is 12.2. The molecule has 0 aliphatic rings. The van der Waals surface area contributed by atoms with Crippen LogP contribution in [0.3, 0.4) is 0 Å². The van der Waals surface area contributed by atoms with Crippen LogP contribution in [0.4, 0.5) is 5.69 Å². The zero-order chi connectivity index (χ0) is 18.8. The molecular weight excluding hydrogens is 342 g/mol. The Kier molecular flexibility index (Phi) is 4.25. The fourth-order valence-electron chi connectivity index (χ4n) is 2.89. The minimum Gasteiger partial charge on any atom is -0.322 e. The molecule has 134 valence electrons. The van der Waals surface area contributed by atoms with Crippen molar-refractivity contribution in [2.24, 2.45) is 7.05 Å². The highest BCUT2D eigenvalue weighted by atomic mass is 16.2. The first-order valence-corrected chi connectivity index (χ1v) is 8.44. The number of aryl methyl sites for hydroxylation is 1. The summed E-state index contributed by atoms with van der Waals surface area (Å²) in [6, 6.07) is 17.1. The summed E-state index contributed by atoms with van der Waals surface area (Å²) in [5.41, 5.74) is 1.76. The van der Waals surface area contributed by atoms with E-state index < -0.39 is 0 Å². The molecule has 1 amide bonds. The van der Waals surface area contributed by atoms with Gasteiger partial charge in [-0.05, 0) is 22.9 Å². The van der Waals surface area contributed by atoms with Crippen molar-refractivity contribution in [3.05, 3.63) is 77.3 Å². The van der Waals surface area contributed by atoms with Crippen LogP contribution in [-0.4, -0.2) is 25.5 Å². The van der Waals surface area contributed by atoms with Crippen molar-refractivity contribution in [3.63, 3.8) is 0 Å². The Morgan fingerprint density at radius 1 is 1.07 bits per heavy atom. The van der Waals surface area contributed by atoms with Gasteiger partial charge in [-0.15, -0.1) is 0 Å². The van der Waals surface area contributed by atoms with Crippen LogP contribution in [0.15, 0.2) is 71.8 Å². The molecule has 4 rings (SSSR count). The quantitative estimate of drug-likeness (QED) is 0.607. The van der Waals surface area contributed by atoms with Gasteiger partial charge in [0.05, 0.1) is 17.6 Å². The van der Waals surface area contributed by atoms with Gasteiger partial charge in [-0.1, -0.05) is 36.4 Å². The lowest BCUT2D eigenvalue weighted by atomic mass is 10.1. The molecule has 1 N–H and O–H groups in total. The smallest absolute Gasteiger partial charge is 0.267 e. The fourth-order valence-corrected chi connectivity index (χ4v) is 2.89. The number of amides is 1. The van der Waals surface area contributed by atoms with Gasteiger partial charge in [0.2, 0.25) is 5.91 Å². The second-order valence-electron chi connectivity index (χ2n) is 6.23. The maximum atomic E-state index is 12.2. The maximum Gasteiger partial charge on any atom is 0.267 e. The largest absolute Gasteiger partial charge is 0.322 e. The molecule has 0 saturated carbocycles. The zero-order valence-corrected chi connectivity index (χ0v) is 14.7. The Bertz CT molecular complexity index is 1190. The molecule has 2 aromatic heterocycles. The first kappa shape index (κ1) is 16.7. The normalized spacial score (nSPS) is 10.9. The summed E-state index contributed by atoms with van der Waals surface area (Å²) in [5.74, 6) is -0.340. The highest BCUT2D eigenvalue weighted by Gasteiger charge is 2.09. The van der Waals surface area contributed by atoms with E-state index in [4.69, 9.17) is 0 Å². The molecule has 0 spiro atoms. The molecule has 2 heterocycles. The van der Waals surface area contributed by atoms with Gasteiger partial charge >= 0.3 is 0 Å². The Morgan fingerprint density at radius 2 is 1.89 bits per heavy atom. The van der Waals surface area contributed by atoms with Crippen LogP contribution >= 0.6 is 0 Å². The van der Waals surface area contributed by atoms with Gasteiger partial charge < -0.3 is 5.32 Å². The summed E-state index contributed by atoms with van der Waals surface area (Å²) in [5, 5.41) is 13.3. The lowest BCUT2D eigenvalue weighted by Crippen LogP contribution is -2.29. The number of aromatic nitrogens is 4. The van der Waals surface area contributed by atoms with Crippen LogP contribution in [0.2, 0.25) is 0 Å². The van der Waals surface area contributed by atoms with Crippen LogP contribution in [0.5, 0.6) is 0 Å². The minimum absolute atomic E-state index is 0.171. The summed E-state index contributed by atoms with van der Waals surface area (Å²) in [7, 11) is 1.76. The monoisotopic (exact) mass is 359 g/mol. The predicted octanol–water partition coefficient (Wildman–Crippen LogP) is 2.44. The number of rotatable bonds is 4. The highest BCUT2D eigenvalue weighted by Crippen LogP contribution is 2.22. The number of fused-ring (bicyclic) bond motifs is 1. The van der Waals surface area contributed by atoms with Crippen molar-refractivity contribution in [1.82, 2.24) is 19.6 Å². The van der Waals surface area contributed by atoms with Crippen LogP contribution in [0.1, 0.15) is 0 Å². The van der Waals surface area contributed by atoms with E-state index in [9.17, 15) is 9.59 Å². The van der Waals surface area contributed by atoms with Crippen LogP contribution in [0, 0.1) is 0 Å². The van der Waals surface area contributed by atoms with Crippen molar-refractivity contribution in [2.45, 2.75) is 6.54 Å². The lowest BCUT2D eigenvalue weighted by molar-refractivity contribution is -0.117. The van der Waals surface area contributed by atoms with E-state index in [-0.39, 0.29) is 18.0 Å². The van der Waals surface area contributed by atoms with E-state index in [1.807, 2.05) is 42.5 Å². The van der Waals surface area contributed by atoms with E-state index in [1.165, 1.54) is 6.07 Å². The molecule has 7 heteroatoms. The van der Waals surface area contributed by atoms with Crippen LogP contribution in [-0.2, 0) is 18.4 Å². The average molecular weight is 359 g/mol. The van der Waals surface area contributed by atoms with Crippen molar-refractivity contribution >= 4 is 22.4 Å². The molecule has 0 radical (unpaired) electrons. The molecule has 0 bridgehead atoms. The second-order valence-corrected chi connectivity index (χ2v) is 6.23. The number of nitrogens with one attached hydrogen (secondary N) is 1. The van der Waals surface area contributed by atoms with Gasteiger partial charge in [0.1, 0.15) is 6.54 Å². The van der Waals surface area contributed by atoms with E-state index in [0.29, 0.717) is 11.4 Å². The number of nitrogens with zero attached hydrogens (tertiary/aromatic N) is 4. The number of carbonyl (C=O) groups excluding carboxylic acids is 1. The van der Waals surface area contributed by atoms with Crippen molar-refractivity contribution in [1.29, 1.82) is 0 Å². The van der Waals surface area contributed by atoms with Gasteiger partial charge in [0, 0.05) is 24.9 Å². The third-order valence-corrected chi connectivity index (χ3v) is 4.19. The summed E-state index contributed by atoms with van der Waals surface area (Å²) >= 11 is 0. The standard InChI is InChI=1S/C20H17N5O2/c1-24-12-17(11-21-24)22-19(26)13-25-20(27)9-8-18(23-25)16-7-6-14-4-2-3-5-15(14)10-16/h2-12H,13H2,1H3,(H,22,26). The van der Waals surface area contributed by atoms with Crippen molar-refractivity contribution in [2.75, 3.05) is 5.32 Å². The Morgan fingerprint density at radius 3 is 2.67 bits per heavy atom. The molecule has 0 fully saturated rings. The van der Waals surface area contributed by atoms with Crippen LogP contribution in [0.25, 0.3) is 22.0 Å². The average Bonchev–Trinajstić information content (AvgIpc) is 3.07. The van der Waals surface area contributed by atoms with Gasteiger partial charge in [0.25, 0.3) is 5.56 Å². The van der Waals surface area contributed by atoms with Crippen molar-refractivity contribution < 1.29 is 4.79 Å². The topological polar surface area (TPSA) is 81.8 Å². The van der Waals surface area contributed by atoms with Crippen molar-refractivity contribution in [3.8, 4) is 11.3 Å². The van der Waals surface area contributed by atoms with Gasteiger partial charge in [-0.25, -0.2) is 4.68 Å². The van der Waals surface area contributed by atoms with E-state index in [0.717, 1.165) is 21.0 Å². The Hall–Kier alpha value is -3.74. The van der Waals surface area contributed by atoms with E-state index in [1.54, 1.807) is 30.2 Å². The van der Waals surface area contributed by atoms with E-state index in [2.05, 4.69) is 15.5 Å². The molecule has 0 aliphatic heterocycles. The lowest BCUT2D eigenvalue weighted by Gasteiger charge is -2.08. The van der Waals surface area contributed by atoms with Gasteiger partial charge in [-0.3, -0.25) is 14.3 Å². The number of hydrogen-bond donors (Lipinski definition) is 1. The van der Waals surface area contributed by atoms with E-state index >= 15 is 0 Å². The molecule has 0 atom stereocenters. The second kappa shape index (κ2) is 6.87. The molecule has 27 heavy (non-hydrogen) atoms. The molecule has 0 aliphatic carbocycles. The molecule has 0 unspecified atom stereocenters. The number of carbonyl (C=O) groups is 1. The van der Waals surface area contributed by atoms with Gasteiger partial charge in [-0.2, -0.15) is 10.2 Å². The summed E-state index contributed by atoms with van der Waals surface area (Å²) in [4.78, 5) is 24.3. The molecule has 0 saturated heterocycles. The zero-order valence-electron chi connectivity index (χ0n) is 14.7. The Balaban J connectivity index is 1.60. The van der Waals surface area contributed by atoms with Crippen LogP contribution < -0.4 is 10.9 Å². The highest BCUT2D eigenvalue weighted by molar-refractivity contribution is 5.90. The van der Waals surface area contributed by atoms with Gasteiger partial charge in [0.15, 0.2) is 0 Å². The number of hydrogen-bond acceptors (Lipinski definition) is 4. The SMILES string of the molecule is Cn1cc(NC(=O)Cn2nc(-c3ccc4ccccc4c3)ccc2=O)cn1.